The number of rotatable bonds is 4. The third-order valence-corrected chi connectivity index (χ3v) is 5.61. The molecule has 2 rings (SSSR count). The van der Waals surface area contributed by atoms with Crippen LogP contribution in [0.1, 0.15) is 19.0 Å². The number of aromatic nitrogens is 1. The predicted molar refractivity (Wildman–Crippen MR) is 72.8 cm³/mol. The Hall–Kier alpha value is -1.51. The predicted octanol–water partition coefficient (Wildman–Crippen LogP) is -0.574. The van der Waals surface area contributed by atoms with E-state index in [4.69, 9.17) is 11.5 Å². The average molecular weight is 298 g/mol. The maximum atomic E-state index is 12.6. The Kier molecular flexibility index (Phi) is 3.81. The van der Waals surface area contributed by atoms with Crippen LogP contribution in [0.5, 0.6) is 0 Å². The molecule has 1 saturated heterocycles. The largest absolute Gasteiger partial charge is 0.369 e. The molecule has 8 heteroatoms. The van der Waals surface area contributed by atoms with Gasteiger partial charge < -0.3 is 11.5 Å². The highest BCUT2D eigenvalue weighted by molar-refractivity contribution is 7.89. The number of hydrogen-bond acceptors (Lipinski definition) is 5. The summed E-state index contributed by atoms with van der Waals surface area (Å²) in [7, 11) is -3.70. The van der Waals surface area contributed by atoms with Crippen molar-refractivity contribution in [2.24, 2.45) is 16.9 Å². The molecule has 1 amide bonds. The average Bonchev–Trinajstić information content (AvgIpc) is 2.83. The van der Waals surface area contributed by atoms with E-state index in [-0.39, 0.29) is 24.5 Å². The summed E-state index contributed by atoms with van der Waals surface area (Å²) in [6.45, 7) is 2.07. The number of primary amides is 1. The van der Waals surface area contributed by atoms with Crippen LogP contribution < -0.4 is 11.5 Å². The van der Waals surface area contributed by atoms with Crippen molar-refractivity contribution in [3.63, 3.8) is 0 Å². The van der Waals surface area contributed by atoms with E-state index in [1.165, 1.54) is 16.6 Å². The zero-order chi connectivity index (χ0) is 15.0. The zero-order valence-corrected chi connectivity index (χ0v) is 12.1. The number of nitrogens with zero attached hydrogens (tertiary/aromatic N) is 2. The molecule has 1 aliphatic rings. The highest BCUT2D eigenvalue weighted by atomic mass is 32.2. The molecule has 0 aliphatic carbocycles. The van der Waals surface area contributed by atoms with Gasteiger partial charge in [0.05, 0.1) is 11.1 Å². The molecular weight excluding hydrogens is 280 g/mol. The first-order chi connectivity index (χ1) is 9.31. The summed E-state index contributed by atoms with van der Waals surface area (Å²) in [5, 5.41) is 0. The highest BCUT2D eigenvalue weighted by Gasteiger charge is 2.44. The summed E-state index contributed by atoms with van der Waals surface area (Å²) in [6.07, 6.45) is 1.92. The van der Waals surface area contributed by atoms with Crippen molar-refractivity contribution in [3.8, 4) is 0 Å². The van der Waals surface area contributed by atoms with Crippen LogP contribution in [-0.2, 0) is 21.4 Å². The van der Waals surface area contributed by atoms with Gasteiger partial charge in [0.1, 0.15) is 4.90 Å². The van der Waals surface area contributed by atoms with Gasteiger partial charge in [-0.1, -0.05) is 0 Å². The normalized spacial score (nSPS) is 23.9. The van der Waals surface area contributed by atoms with Crippen LogP contribution in [0.2, 0.25) is 0 Å². The highest BCUT2D eigenvalue weighted by Crippen LogP contribution is 2.33. The summed E-state index contributed by atoms with van der Waals surface area (Å²) in [5.74, 6) is -0.486. The minimum atomic E-state index is -3.70. The van der Waals surface area contributed by atoms with E-state index in [1.54, 1.807) is 13.0 Å². The Morgan fingerprint density at radius 1 is 1.55 bits per heavy atom. The lowest BCUT2D eigenvalue weighted by Gasteiger charge is -2.21. The lowest BCUT2D eigenvalue weighted by Crippen LogP contribution is -2.38. The Morgan fingerprint density at radius 2 is 2.25 bits per heavy atom. The van der Waals surface area contributed by atoms with Gasteiger partial charge in [-0.15, -0.1) is 0 Å². The van der Waals surface area contributed by atoms with Gasteiger partial charge in [-0.25, -0.2) is 8.42 Å². The monoisotopic (exact) mass is 298 g/mol. The minimum Gasteiger partial charge on any atom is -0.369 e. The van der Waals surface area contributed by atoms with Gasteiger partial charge in [0, 0.05) is 25.8 Å². The number of pyridine rings is 1. The number of nitrogens with two attached hydrogens (primary N) is 2. The van der Waals surface area contributed by atoms with E-state index in [0.29, 0.717) is 12.1 Å². The molecule has 1 unspecified atom stereocenters. The van der Waals surface area contributed by atoms with Gasteiger partial charge in [0.2, 0.25) is 15.9 Å². The van der Waals surface area contributed by atoms with Crippen molar-refractivity contribution in [2.45, 2.75) is 24.8 Å². The van der Waals surface area contributed by atoms with E-state index in [9.17, 15) is 13.2 Å². The van der Waals surface area contributed by atoms with Gasteiger partial charge in [0.15, 0.2) is 0 Å². The first kappa shape index (κ1) is 14.9. The van der Waals surface area contributed by atoms with Crippen LogP contribution in [0, 0.1) is 5.41 Å². The van der Waals surface area contributed by atoms with Crippen LogP contribution in [-0.4, -0.2) is 36.7 Å². The van der Waals surface area contributed by atoms with Crippen LogP contribution in [0.25, 0.3) is 0 Å². The van der Waals surface area contributed by atoms with E-state index < -0.39 is 21.3 Å². The summed E-state index contributed by atoms with van der Waals surface area (Å²) in [4.78, 5) is 15.5. The third kappa shape index (κ3) is 2.41. The second-order valence-electron chi connectivity index (χ2n) is 5.17. The van der Waals surface area contributed by atoms with Gasteiger partial charge in [-0.2, -0.15) is 4.31 Å². The maximum Gasteiger partial charge on any atom is 0.244 e. The van der Waals surface area contributed by atoms with Crippen molar-refractivity contribution < 1.29 is 13.2 Å². The first-order valence-electron chi connectivity index (χ1n) is 6.25. The van der Waals surface area contributed by atoms with Crippen molar-refractivity contribution in [1.29, 1.82) is 0 Å². The molecule has 7 nitrogen and oxygen atoms in total. The van der Waals surface area contributed by atoms with Crippen LogP contribution in [0.3, 0.4) is 0 Å². The molecule has 0 radical (unpaired) electrons. The van der Waals surface area contributed by atoms with E-state index >= 15 is 0 Å². The number of carbonyl (C=O) groups is 1. The minimum absolute atomic E-state index is 0.0380. The molecule has 4 N–H and O–H groups in total. The van der Waals surface area contributed by atoms with Crippen molar-refractivity contribution in [1.82, 2.24) is 9.29 Å². The smallest absolute Gasteiger partial charge is 0.244 e. The molecule has 0 bridgehead atoms. The molecule has 1 fully saturated rings. The van der Waals surface area contributed by atoms with Crippen molar-refractivity contribution >= 4 is 15.9 Å². The number of amides is 1. The molecule has 0 spiro atoms. The Morgan fingerprint density at radius 3 is 2.80 bits per heavy atom. The molecule has 0 saturated carbocycles. The quantitative estimate of drug-likeness (QED) is 0.771. The van der Waals surface area contributed by atoms with Crippen LogP contribution in [0.15, 0.2) is 23.2 Å². The third-order valence-electron chi connectivity index (χ3n) is 3.69. The van der Waals surface area contributed by atoms with Crippen LogP contribution in [0.4, 0.5) is 0 Å². The number of hydrogen-bond donors (Lipinski definition) is 2. The van der Waals surface area contributed by atoms with E-state index in [0.717, 1.165) is 0 Å². The molecule has 110 valence electrons. The molecular formula is C12H18N4O3S. The molecule has 1 aromatic rings. The second-order valence-corrected chi connectivity index (χ2v) is 7.07. The molecule has 0 aromatic carbocycles. The van der Waals surface area contributed by atoms with Gasteiger partial charge in [-0.05, 0) is 25.5 Å². The standard InChI is InChI=1S/C12H18N4O3S/c1-12(11(14)17)4-6-16(8-12)20(18,19)10-3-2-5-15-9(10)7-13/h2-3,5H,4,6-8,13H2,1H3,(H2,14,17). The van der Waals surface area contributed by atoms with E-state index in [1.807, 2.05) is 0 Å². The summed E-state index contributed by atoms with van der Waals surface area (Å²) in [5.41, 5.74) is 10.4. The van der Waals surface area contributed by atoms with Crippen LogP contribution >= 0.6 is 0 Å². The van der Waals surface area contributed by atoms with Gasteiger partial charge in [0.25, 0.3) is 0 Å². The second kappa shape index (κ2) is 5.12. The van der Waals surface area contributed by atoms with Gasteiger partial charge >= 0.3 is 0 Å². The fourth-order valence-corrected chi connectivity index (χ4v) is 4.02. The number of carbonyl (C=O) groups excluding carboxylic acids is 1. The lowest BCUT2D eigenvalue weighted by molar-refractivity contribution is -0.126. The summed E-state index contributed by atoms with van der Waals surface area (Å²) in [6, 6.07) is 3.03. The van der Waals surface area contributed by atoms with Crippen molar-refractivity contribution in [2.75, 3.05) is 13.1 Å². The Labute approximate surface area is 118 Å². The Bertz CT molecular complexity index is 631. The fourth-order valence-electron chi connectivity index (χ4n) is 2.28. The molecule has 2 heterocycles. The Balaban J connectivity index is 2.36. The first-order valence-corrected chi connectivity index (χ1v) is 7.69. The van der Waals surface area contributed by atoms with Crippen molar-refractivity contribution in [3.05, 3.63) is 24.0 Å². The van der Waals surface area contributed by atoms with E-state index in [2.05, 4.69) is 4.98 Å². The number of sulfonamides is 1. The molecule has 1 aromatic heterocycles. The maximum absolute atomic E-state index is 12.6. The topological polar surface area (TPSA) is 119 Å². The summed E-state index contributed by atoms with van der Waals surface area (Å²) < 4.78 is 26.5. The summed E-state index contributed by atoms with van der Waals surface area (Å²) >= 11 is 0. The fraction of sp³-hybridized carbons (Fsp3) is 0.500. The lowest BCUT2D eigenvalue weighted by atomic mass is 9.89. The SMILES string of the molecule is CC1(C(N)=O)CCN(S(=O)(=O)c2cccnc2CN)C1. The van der Waals surface area contributed by atoms with Gasteiger partial charge in [-0.3, -0.25) is 9.78 Å². The molecule has 20 heavy (non-hydrogen) atoms. The molecule has 1 atom stereocenters. The molecule has 1 aliphatic heterocycles. The zero-order valence-electron chi connectivity index (χ0n) is 11.2.